The molecule has 1 aromatic rings. The van der Waals surface area contributed by atoms with Crippen LogP contribution in [0, 0.1) is 19.8 Å². The van der Waals surface area contributed by atoms with Gasteiger partial charge in [0.2, 0.25) is 0 Å². The predicted octanol–water partition coefficient (Wildman–Crippen LogP) is 3.47. The van der Waals surface area contributed by atoms with E-state index in [1.165, 1.54) is 43.2 Å². The quantitative estimate of drug-likeness (QED) is 0.886. The van der Waals surface area contributed by atoms with E-state index < -0.39 is 0 Å². The van der Waals surface area contributed by atoms with E-state index in [9.17, 15) is 0 Å². The number of aryl methyl sites for hydroxylation is 2. The lowest BCUT2D eigenvalue weighted by Crippen LogP contribution is -2.19. The third kappa shape index (κ3) is 3.02. The predicted molar refractivity (Wildman–Crippen MR) is 74.5 cm³/mol. The minimum atomic E-state index is 0.736. The average molecular weight is 248 g/mol. The Morgan fingerprint density at radius 1 is 1.33 bits per heavy atom. The second kappa shape index (κ2) is 6.19. The van der Waals surface area contributed by atoms with Crippen LogP contribution in [0.5, 0.6) is 0 Å². The fourth-order valence-electron chi connectivity index (χ4n) is 2.87. The van der Waals surface area contributed by atoms with Crippen LogP contribution >= 0.6 is 0 Å². The topological polar surface area (TPSA) is 38.1 Å². The molecule has 0 unspecified atom stereocenters. The summed E-state index contributed by atoms with van der Waals surface area (Å²) in [5.41, 5.74) is 3.68. The van der Waals surface area contributed by atoms with Gasteiger partial charge < -0.3 is 9.84 Å². The lowest BCUT2D eigenvalue weighted by Gasteiger charge is -2.24. The molecule has 3 heteroatoms. The summed E-state index contributed by atoms with van der Waals surface area (Å²) in [5.74, 6) is 1.66. The van der Waals surface area contributed by atoms with E-state index in [1.54, 1.807) is 0 Å². The number of nitrogens with zero attached hydrogens (tertiary/aromatic N) is 1. The van der Waals surface area contributed by atoms with Crippen molar-refractivity contribution in [2.75, 3.05) is 13.6 Å². The van der Waals surface area contributed by atoms with Gasteiger partial charge in [-0.05, 0) is 45.7 Å². The van der Waals surface area contributed by atoms with Crippen LogP contribution in [0.25, 0.3) is 6.08 Å². The maximum atomic E-state index is 5.25. The molecule has 2 rings (SSSR count). The van der Waals surface area contributed by atoms with Gasteiger partial charge in [-0.15, -0.1) is 0 Å². The first-order valence-electron chi connectivity index (χ1n) is 7.00. The third-order valence-corrected chi connectivity index (χ3v) is 3.93. The standard InChI is InChI=1S/C15H24N2O/c1-11-15(12(2)18-17-11)9-14(10-16-3)13-7-5-4-6-8-13/h9,13,16H,4-8,10H2,1-3H3. The average Bonchev–Trinajstić information content (AvgIpc) is 2.71. The summed E-state index contributed by atoms with van der Waals surface area (Å²) >= 11 is 0. The van der Waals surface area contributed by atoms with Gasteiger partial charge in [0.05, 0.1) is 5.69 Å². The van der Waals surface area contributed by atoms with Crippen LogP contribution in [0.2, 0.25) is 0 Å². The highest BCUT2D eigenvalue weighted by Crippen LogP contribution is 2.31. The van der Waals surface area contributed by atoms with Gasteiger partial charge in [-0.2, -0.15) is 0 Å². The molecule has 0 radical (unpaired) electrons. The molecule has 1 saturated carbocycles. The molecular formula is C15H24N2O. The van der Waals surface area contributed by atoms with E-state index in [-0.39, 0.29) is 0 Å². The van der Waals surface area contributed by atoms with Gasteiger partial charge in [0.1, 0.15) is 5.76 Å². The summed E-state index contributed by atoms with van der Waals surface area (Å²) in [6.45, 7) is 4.97. The van der Waals surface area contributed by atoms with E-state index >= 15 is 0 Å². The van der Waals surface area contributed by atoms with Gasteiger partial charge in [0, 0.05) is 12.1 Å². The second-order valence-corrected chi connectivity index (χ2v) is 5.32. The summed E-state index contributed by atoms with van der Waals surface area (Å²) in [6, 6.07) is 0. The fraction of sp³-hybridized carbons (Fsp3) is 0.667. The van der Waals surface area contributed by atoms with Crippen molar-refractivity contribution in [3.05, 3.63) is 22.6 Å². The van der Waals surface area contributed by atoms with Crippen LogP contribution in [0.4, 0.5) is 0 Å². The van der Waals surface area contributed by atoms with Gasteiger partial charge in [0.25, 0.3) is 0 Å². The number of rotatable bonds is 4. The molecule has 18 heavy (non-hydrogen) atoms. The van der Waals surface area contributed by atoms with Crippen LogP contribution in [-0.2, 0) is 0 Å². The highest BCUT2D eigenvalue weighted by Gasteiger charge is 2.18. The van der Waals surface area contributed by atoms with Crippen molar-refractivity contribution in [3.63, 3.8) is 0 Å². The number of nitrogens with one attached hydrogen (secondary N) is 1. The minimum Gasteiger partial charge on any atom is -0.361 e. The summed E-state index contributed by atoms with van der Waals surface area (Å²) in [5, 5.41) is 7.33. The Kier molecular flexibility index (Phi) is 4.59. The second-order valence-electron chi connectivity index (χ2n) is 5.32. The fourth-order valence-corrected chi connectivity index (χ4v) is 2.87. The molecule has 1 aliphatic carbocycles. The molecule has 0 atom stereocenters. The summed E-state index contributed by atoms with van der Waals surface area (Å²) in [7, 11) is 2.02. The number of likely N-dealkylation sites (N-methyl/N-ethyl adjacent to an activating group) is 1. The molecule has 100 valence electrons. The van der Waals surface area contributed by atoms with Crippen molar-refractivity contribution >= 4 is 6.08 Å². The van der Waals surface area contributed by atoms with Crippen molar-refractivity contribution in [2.24, 2.45) is 5.92 Å². The maximum Gasteiger partial charge on any atom is 0.141 e. The molecule has 0 bridgehead atoms. The summed E-state index contributed by atoms with van der Waals surface area (Å²) in [4.78, 5) is 0. The van der Waals surface area contributed by atoms with E-state index in [0.29, 0.717) is 0 Å². The third-order valence-electron chi connectivity index (χ3n) is 3.93. The zero-order valence-corrected chi connectivity index (χ0v) is 11.8. The van der Waals surface area contributed by atoms with E-state index in [2.05, 4.69) is 16.5 Å². The molecule has 0 amide bonds. The first-order valence-corrected chi connectivity index (χ1v) is 7.00. The van der Waals surface area contributed by atoms with E-state index in [0.717, 1.165) is 23.9 Å². The van der Waals surface area contributed by atoms with Gasteiger partial charge in [-0.1, -0.05) is 30.0 Å². The van der Waals surface area contributed by atoms with Crippen molar-refractivity contribution in [1.82, 2.24) is 10.5 Å². The molecule has 0 spiro atoms. The SMILES string of the molecule is CNCC(=Cc1c(C)noc1C)C1CCCCC1. The number of hydrogen-bond donors (Lipinski definition) is 1. The van der Waals surface area contributed by atoms with E-state index in [1.807, 2.05) is 20.9 Å². The van der Waals surface area contributed by atoms with Crippen LogP contribution in [0.3, 0.4) is 0 Å². The Morgan fingerprint density at radius 3 is 2.61 bits per heavy atom. The highest BCUT2D eigenvalue weighted by molar-refractivity contribution is 5.57. The normalized spacial score (nSPS) is 18.3. The molecule has 1 N–H and O–H groups in total. The van der Waals surface area contributed by atoms with Crippen molar-refractivity contribution in [2.45, 2.75) is 46.0 Å². The Labute approximate surface area is 110 Å². The van der Waals surface area contributed by atoms with Gasteiger partial charge >= 0.3 is 0 Å². The lowest BCUT2D eigenvalue weighted by molar-refractivity contribution is 0.392. The van der Waals surface area contributed by atoms with Crippen molar-refractivity contribution < 1.29 is 4.52 Å². The molecule has 1 heterocycles. The maximum absolute atomic E-state index is 5.25. The van der Waals surface area contributed by atoms with E-state index in [4.69, 9.17) is 4.52 Å². The molecule has 0 aromatic carbocycles. The van der Waals surface area contributed by atoms with Gasteiger partial charge in [-0.25, -0.2) is 0 Å². The van der Waals surface area contributed by atoms with Crippen LogP contribution < -0.4 is 5.32 Å². The van der Waals surface area contributed by atoms with Crippen LogP contribution in [0.1, 0.15) is 49.1 Å². The molecular weight excluding hydrogens is 224 g/mol. The molecule has 0 aliphatic heterocycles. The molecule has 1 aliphatic rings. The smallest absolute Gasteiger partial charge is 0.141 e. The number of hydrogen-bond acceptors (Lipinski definition) is 3. The van der Waals surface area contributed by atoms with Crippen LogP contribution in [-0.4, -0.2) is 18.7 Å². The highest BCUT2D eigenvalue weighted by atomic mass is 16.5. The monoisotopic (exact) mass is 248 g/mol. The Bertz CT molecular complexity index is 395. The summed E-state index contributed by atoms with van der Waals surface area (Å²) in [6.07, 6.45) is 9.09. The Balaban J connectivity index is 2.23. The van der Waals surface area contributed by atoms with Crippen molar-refractivity contribution in [3.8, 4) is 0 Å². The Morgan fingerprint density at radius 2 is 2.06 bits per heavy atom. The Hall–Kier alpha value is -1.09. The molecule has 3 nitrogen and oxygen atoms in total. The molecule has 1 aromatic heterocycles. The van der Waals surface area contributed by atoms with Crippen molar-refractivity contribution in [1.29, 1.82) is 0 Å². The largest absolute Gasteiger partial charge is 0.361 e. The zero-order valence-electron chi connectivity index (χ0n) is 11.8. The molecule has 0 saturated heterocycles. The molecule has 1 fully saturated rings. The van der Waals surface area contributed by atoms with Crippen LogP contribution in [0.15, 0.2) is 10.1 Å². The van der Waals surface area contributed by atoms with Gasteiger partial charge in [-0.3, -0.25) is 0 Å². The summed E-state index contributed by atoms with van der Waals surface area (Å²) < 4.78 is 5.25. The zero-order chi connectivity index (χ0) is 13.0. The van der Waals surface area contributed by atoms with Gasteiger partial charge in [0.15, 0.2) is 0 Å². The number of aromatic nitrogens is 1. The first-order chi connectivity index (χ1) is 8.72. The first kappa shape index (κ1) is 13.3. The lowest BCUT2D eigenvalue weighted by atomic mass is 9.83. The minimum absolute atomic E-state index is 0.736.